The molecule has 0 radical (unpaired) electrons. The Kier molecular flexibility index (Phi) is 5.90. The van der Waals surface area contributed by atoms with E-state index >= 15 is 0 Å². The molecule has 2 bridgehead atoms. The van der Waals surface area contributed by atoms with E-state index in [1.54, 1.807) is 11.1 Å². The van der Waals surface area contributed by atoms with E-state index in [-0.39, 0.29) is 11.9 Å². The molecule has 3 fully saturated rings. The predicted molar refractivity (Wildman–Crippen MR) is 102 cm³/mol. The Morgan fingerprint density at radius 1 is 1.32 bits per heavy atom. The summed E-state index contributed by atoms with van der Waals surface area (Å²) in [6.45, 7) is 3.07. The number of carbonyl (C=O) groups excluding carboxylic acids is 1. The molecule has 11 heteroatoms. The van der Waals surface area contributed by atoms with Gasteiger partial charge in [0.2, 0.25) is 0 Å². The third-order valence-corrected chi connectivity index (χ3v) is 5.43. The Balaban J connectivity index is 0.000000339. The third kappa shape index (κ3) is 4.18. The minimum atomic E-state index is -5.08. The Bertz CT molecular complexity index is 996. The highest BCUT2D eigenvalue weighted by atomic mass is 19.4. The van der Waals surface area contributed by atoms with Crippen LogP contribution in [0.25, 0.3) is 11.3 Å². The van der Waals surface area contributed by atoms with Gasteiger partial charge in [0, 0.05) is 36.5 Å². The second kappa shape index (κ2) is 8.14. The number of aromatic nitrogens is 1. The number of nitrogens with two attached hydrogens (primary N) is 1. The van der Waals surface area contributed by atoms with E-state index in [4.69, 9.17) is 15.6 Å². The van der Waals surface area contributed by atoms with Crippen molar-refractivity contribution >= 4 is 12.0 Å². The van der Waals surface area contributed by atoms with Crippen molar-refractivity contribution in [1.82, 2.24) is 15.2 Å². The van der Waals surface area contributed by atoms with Crippen molar-refractivity contribution in [3.63, 3.8) is 0 Å². The first-order valence-electron chi connectivity index (χ1n) is 9.29. The van der Waals surface area contributed by atoms with Gasteiger partial charge >= 0.3 is 18.2 Å². The van der Waals surface area contributed by atoms with Crippen LogP contribution >= 0.6 is 0 Å². The molecule has 4 N–H and O–H groups in total. The van der Waals surface area contributed by atoms with Gasteiger partial charge in [-0.15, -0.1) is 0 Å². The Morgan fingerprint density at radius 2 is 2.00 bits per heavy atom. The lowest BCUT2D eigenvalue weighted by atomic mass is 9.70. The van der Waals surface area contributed by atoms with Crippen molar-refractivity contribution < 1.29 is 32.3 Å². The number of fused-ring (bicyclic) bond motifs is 2. The van der Waals surface area contributed by atoms with Crippen LogP contribution in [0.15, 0.2) is 36.5 Å². The smallest absolute Gasteiger partial charge is 0.475 e. The van der Waals surface area contributed by atoms with Crippen molar-refractivity contribution in [3.8, 4) is 11.3 Å². The van der Waals surface area contributed by atoms with Gasteiger partial charge in [0.1, 0.15) is 5.82 Å². The molecule has 0 spiro atoms. The summed E-state index contributed by atoms with van der Waals surface area (Å²) in [5.74, 6) is -3.06. The summed E-state index contributed by atoms with van der Waals surface area (Å²) < 4.78 is 46.5. The van der Waals surface area contributed by atoms with Crippen molar-refractivity contribution in [2.45, 2.75) is 31.1 Å². The molecule has 2 atom stereocenters. The first-order chi connectivity index (χ1) is 14.5. The average Bonchev–Trinajstić information content (AvgIpc) is 2.68. The highest BCUT2D eigenvalue weighted by Gasteiger charge is 2.58. The lowest BCUT2D eigenvalue weighted by Crippen LogP contribution is -2.76. The van der Waals surface area contributed by atoms with Crippen LogP contribution in [0.5, 0.6) is 0 Å². The van der Waals surface area contributed by atoms with E-state index in [0.29, 0.717) is 18.7 Å². The number of primary amides is 1. The molecule has 2 unspecified atom stereocenters. The summed E-state index contributed by atoms with van der Waals surface area (Å²) in [6.07, 6.45) is -2.64. The number of halogens is 4. The highest BCUT2D eigenvalue weighted by molar-refractivity contribution is 5.76. The molecule has 0 saturated carbocycles. The number of aryl methyl sites for hydroxylation is 1. The minimum Gasteiger partial charge on any atom is -0.475 e. The van der Waals surface area contributed by atoms with Crippen LogP contribution in [-0.4, -0.2) is 52.3 Å². The van der Waals surface area contributed by atoms with E-state index in [0.717, 1.165) is 23.2 Å². The molecular weight excluding hydrogens is 420 g/mol. The molecular formula is C20H20F4N4O3. The Hall–Kier alpha value is -3.21. The lowest BCUT2D eigenvalue weighted by Gasteiger charge is -2.61. The first-order valence-corrected chi connectivity index (χ1v) is 9.29. The fourth-order valence-electron chi connectivity index (χ4n) is 4.14. The first kappa shape index (κ1) is 22.5. The second-order valence-corrected chi connectivity index (χ2v) is 7.39. The molecule has 3 aliphatic rings. The van der Waals surface area contributed by atoms with Gasteiger partial charge in [0.25, 0.3) is 0 Å². The zero-order valence-electron chi connectivity index (χ0n) is 16.4. The normalized spacial score (nSPS) is 22.1. The monoisotopic (exact) mass is 440 g/mol. The number of rotatable bonds is 2. The molecule has 2 amide bonds. The number of carboxylic acid groups (broad SMARTS) is 1. The summed E-state index contributed by atoms with van der Waals surface area (Å²) in [4.78, 5) is 26.8. The molecule has 1 aromatic carbocycles. The van der Waals surface area contributed by atoms with Crippen LogP contribution in [0, 0.1) is 12.7 Å². The number of nitrogens with zero attached hydrogens (tertiary/aromatic N) is 2. The van der Waals surface area contributed by atoms with E-state index in [9.17, 15) is 22.4 Å². The largest absolute Gasteiger partial charge is 0.490 e. The number of aliphatic carboxylic acids is 1. The van der Waals surface area contributed by atoms with Gasteiger partial charge in [-0.25, -0.2) is 14.0 Å². The van der Waals surface area contributed by atoms with Gasteiger partial charge in [0.15, 0.2) is 0 Å². The van der Waals surface area contributed by atoms with Crippen LogP contribution in [-0.2, 0) is 10.3 Å². The van der Waals surface area contributed by atoms with Gasteiger partial charge in [-0.1, -0.05) is 6.07 Å². The zero-order valence-corrected chi connectivity index (χ0v) is 16.4. The fourth-order valence-corrected chi connectivity index (χ4v) is 4.14. The lowest BCUT2D eigenvalue weighted by molar-refractivity contribution is -0.192. The summed E-state index contributed by atoms with van der Waals surface area (Å²) >= 11 is 0. The van der Waals surface area contributed by atoms with Crippen LogP contribution < -0.4 is 11.1 Å². The molecule has 7 nitrogen and oxygen atoms in total. The van der Waals surface area contributed by atoms with E-state index in [2.05, 4.69) is 10.3 Å². The van der Waals surface area contributed by atoms with Gasteiger partial charge < -0.3 is 21.1 Å². The number of piperazine rings is 1. The molecule has 4 heterocycles. The maximum Gasteiger partial charge on any atom is 0.490 e. The fraction of sp³-hybridized carbons (Fsp3) is 0.350. The summed E-state index contributed by atoms with van der Waals surface area (Å²) in [6, 6.07) is 8.54. The minimum absolute atomic E-state index is 0.0373. The van der Waals surface area contributed by atoms with Crippen molar-refractivity contribution in [2.24, 2.45) is 5.73 Å². The molecule has 5 rings (SSSR count). The molecule has 31 heavy (non-hydrogen) atoms. The molecule has 3 saturated heterocycles. The Morgan fingerprint density at radius 3 is 2.52 bits per heavy atom. The summed E-state index contributed by atoms with van der Waals surface area (Å²) in [5.41, 5.74) is 7.86. The van der Waals surface area contributed by atoms with Crippen molar-refractivity contribution in [1.29, 1.82) is 0 Å². The number of carbonyl (C=O) groups is 2. The quantitative estimate of drug-likeness (QED) is 0.623. The molecule has 3 aliphatic heterocycles. The second-order valence-electron chi connectivity index (χ2n) is 7.39. The van der Waals surface area contributed by atoms with E-state index < -0.39 is 23.7 Å². The van der Waals surface area contributed by atoms with Crippen molar-refractivity contribution in [3.05, 3.63) is 53.5 Å². The van der Waals surface area contributed by atoms with E-state index in [1.165, 1.54) is 6.07 Å². The predicted octanol–water partition coefficient (Wildman–Crippen LogP) is 2.78. The van der Waals surface area contributed by atoms with Gasteiger partial charge in [0.05, 0.1) is 11.2 Å². The maximum absolute atomic E-state index is 14.8. The molecule has 1 aromatic heterocycles. The number of pyridine rings is 1. The molecule has 2 aromatic rings. The number of hydrogen-bond donors (Lipinski definition) is 3. The van der Waals surface area contributed by atoms with Gasteiger partial charge in [-0.3, -0.25) is 4.98 Å². The SMILES string of the molecule is Cc1cc(F)c(C23CNCC(C2)N3C(N)=O)cc1-c1ccccn1.O=C(O)C(F)(F)F. The standard InChI is InChI=1S/C18H19FN4O.C2HF3O2/c1-11-6-15(19)14(7-13(11)16-4-2-3-5-22-16)18-8-12(9-21-10-18)23(18)17(20)24;3-2(4,5)1(6)7/h2-7,12,21H,8-10H2,1H3,(H2,20,24);(H,6,7). The number of benzene rings is 1. The number of alkyl halides is 3. The molecule has 0 aliphatic carbocycles. The number of carboxylic acids is 1. The molecule has 166 valence electrons. The zero-order chi connectivity index (χ0) is 23.0. The summed E-state index contributed by atoms with van der Waals surface area (Å²) in [7, 11) is 0. The number of urea groups is 1. The number of piperidine rings is 1. The van der Waals surface area contributed by atoms with Gasteiger partial charge in [-0.2, -0.15) is 13.2 Å². The van der Waals surface area contributed by atoms with Crippen LogP contribution in [0.2, 0.25) is 0 Å². The Labute approximate surface area is 174 Å². The van der Waals surface area contributed by atoms with Crippen LogP contribution in [0.1, 0.15) is 17.5 Å². The van der Waals surface area contributed by atoms with Crippen LogP contribution in [0.3, 0.4) is 0 Å². The maximum atomic E-state index is 14.8. The average molecular weight is 440 g/mol. The third-order valence-electron chi connectivity index (χ3n) is 5.43. The topological polar surface area (TPSA) is 109 Å². The summed E-state index contributed by atoms with van der Waals surface area (Å²) in [5, 5.41) is 10.4. The van der Waals surface area contributed by atoms with E-state index in [1.807, 2.05) is 31.2 Å². The van der Waals surface area contributed by atoms with Crippen LogP contribution in [0.4, 0.5) is 22.4 Å². The highest BCUT2D eigenvalue weighted by Crippen LogP contribution is 2.48. The number of nitrogens with one attached hydrogen (secondary N) is 1. The number of amides is 2. The number of hydrogen-bond acceptors (Lipinski definition) is 4. The van der Waals surface area contributed by atoms with Gasteiger partial charge in [-0.05, 0) is 43.2 Å². The van der Waals surface area contributed by atoms with Crippen molar-refractivity contribution in [2.75, 3.05) is 13.1 Å².